The molecule has 0 unspecified atom stereocenters. The average Bonchev–Trinajstić information content (AvgIpc) is 2.30. The van der Waals surface area contributed by atoms with Gasteiger partial charge in [0, 0.05) is 30.8 Å². The van der Waals surface area contributed by atoms with E-state index in [1.165, 1.54) is 16.6 Å². The number of aromatic nitrogens is 1. The van der Waals surface area contributed by atoms with Gasteiger partial charge in [-0.25, -0.2) is 17.8 Å². The minimum Gasteiger partial charge on any atom is -0.241 e. The minimum atomic E-state index is -3.76. The van der Waals surface area contributed by atoms with Gasteiger partial charge in [0.2, 0.25) is 5.03 Å². The third kappa shape index (κ3) is 2.21. The summed E-state index contributed by atoms with van der Waals surface area (Å²) in [5, 5.41) is -0.470. The lowest BCUT2D eigenvalue weighted by molar-refractivity contribution is 0.434. The highest BCUT2D eigenvalue weighted by atomic mass is 32.2. The second-order valence-corrected chi connectivity index (χ2v) is 6.38. The zero-order chi connectivity index (χ0) is 11.6. The maximum absolute atomic E-state index is 13.4. The molecule has 2 heterocycles. The van der Waals surface area contributed by atoms with Crippen molar-refractivity contribution in [2.45, 2.75) is 5.03 Å². The van der Waals surface area contributed by atoms with Gasteiger partial charge in [0.15, 0.2) is 5.82 Å². The maximum Gasteiger partial charge on any atom is 0.263 e. The zero-order valence-electron chi connectivity index (χ0n) is 8.47. The van der Waals surface area contributed by atoms with Gasteiger partial charge in [-0.05, 0) is 12.1 Å². The number of halogens is 1. The van der Waals surface area contributed by atoms with Crippen molar-refractivity contribution in [2.24, 2.45) is 0 Å². The van der Waals surface area contributed by atoms with Gasteiger partial charge in [-0.1, -0.05) is 0 Å². The summed E-state index contributed by atoms with van der Waals surface area (Å²) in [6.07, 6.45) is 1.29. The largest absolute Gasteiger partial charge is 0.263 e. The number of hydrogen-bond donors (Lipinski definition) is 0. The second-order valence-electron chi connectivity index (χ2n) is 3.31. The van der Waals surface area contributed by atoms with Crippen molar-refractivity contribution in [3.8, 4) is 0 Å². The smallest absolute Gasteiger partial charge is 0.241 e. The molecule has 0 saturated carbocycles. The van der Waals surface area contributed by atoms with Crippen LogP contribution in [0.2, 0.25) is 0 Å². The molecular weight excluding hydrogens is 251 g/mol. The standard InChI is InChI=1S/C9H11FN2O2S2/c10-8-2-1-3-11-9(8)16(13,14)12-4-6-15-7-5-12/h1-3H,4-7H2. The Morgan fingerprint density at radius 3 is 2.69 bits per heavy atom. The Bertz CT molecular complexity index is 472. The number of nitrogens with zero attached hydrogens (tertiary/aromatic N) is 2. The lowest BCUT2D eigenvalue weighted by Crippen LogP contribution is -2.38. The van der Waals surface area contributed by atoms with Crippen LogP contribution in [0.1, 0.15) is 0 Å². The zero-order valence-corrected chi connectivity index (χ0v) is 10.1. The number of thioether (sulfide) groups is 1. The average molecular weight is 262 g/mol. The normalized spacial score (nSPS) is 18.6. The molecule has 0 radical (unpaired) electrons. The molecule has 16 heavy (non-hydrogen) atoms. The van der Waals surface area contributed by atoms with Crippen molar-refractivity contribution in [3.05, 3.63) is 24.1 Å². The lowest BCUT2D eigenvalue weighted by atomic mass is 10.5. The Labute approximate surface area is 97.9 Å². The van der Waals surface area contributed by atoms with E-state index >= 15 is 0 Å². The molecule has 1 saturated heterocycles. The fraction of sp³-hybridized carbons (Fsp3) is 0.444. The van der Waals surface area contributed by atoms with Gasteiger partial charge in [-0.15, -0.1) is 0 Å². The fourth-order valence-corrected chi connectivity index (χ4v) is 4.02. The summed E-state index contributed by atoms with van der Waals surface area (Å²) in [4.78, 5) is 3.61. The van der Waals surface area contributed by atoms with Crippen LogP contribution in [0.3, 0.4) is 0 Å². The number of sulfonamides is 1. The quantitative estimate of drug-likeness (QED) is 0.796. The number of pyridine rings is 1. The van der Waals surface area contributed by atoms with Crippen molar-refractivity contribution in [2.75, 3.05) is 24.6 Å². The molecule has 0 bridgehead atoms. The van der Waals surface area contributed by atoms with E-state index < -0.39 is 20.9 Å². The van der Waals surface area contributed by atoms with E-state index in [2.05, 4.69) is 4.98 Å². The molecule has 1 aromatic heterocycles. The van der Waals surface area contributed by atoms with Crippen LogP contribution >= 0.6 is 11.8 Å². The molecule has 0 spiro atoms. The summed E-state index contributed by atoms with van der Waals surface area (Å²) in [5.74, 6) is 0.696. The molecule has 2 rings (SSSR count). The number of rotatable bonds is 2. The summed E-state index contributed by atoms with van der Waals surface area (Å²) < 4.78 is 38.7. The van der Waals surface area contributed by atoms with Crippen molar-refractivity contribution < 1.29 is 12.8 Å². The van der Waals surface area contributed by atoms with Gasteiger partial charge in [0.1, 0.15) is 0 Å². The Kier molecular flexibility index (Phi) is 3.46. The van der Waals surface area contributed by atoms with Crippen LogP contribution in [0.5, 0.6) is 0 Å². The molecule has 0 N–H and O–H groups in total. The van der Waals surface area contributed by atoms with Gasteiger partial charge in [0.05, 0.1) is 0 Å². The Balaban J connectivity index is 2.35. The Morgan fingerprint density at radius 1 is 1.38 bits per heavy atom. The molecule has 0 aliphatic carbocycles. The Morgan fingerprint density at radius 2 is 2.06 bits per heavy atom. The van der Waals surface area contributed by atoms with Crippen molar-refractivity contribution in [1.82, 2.24) is 9.29 Å². The summed E-state index contributed by atoms with van der Waals surface area (Å²) in [6, 6.07) is 2.49. The van der Waals surface area contributed by atoms with Crippen LogP contribution < -0.4 is 0 Å². The first-order valence-corrected chi connectivity index (χ1v) is 7.40. The van der Waals surface area contributed by atoms with Crippen molar-refractivity contribution in [1.29, 1.82) is 0 Å². The van der Waals surface area contributed by atoms with Crippen LogP contribution in [0.4, 0.5) is 4.39 Å². The molecule has 1 aliphatic rings. The minimum absolute atomic E-state index is 0.420. The third-order valence-corrected chi connectivity index (χ3v) is 5.06. The van der Waals surface area contributed by atoms with E-state index in [4.69, 9.17) is 0 Å². The van der Waals surface area contributed by atoms with Gasteiger partial charge < -0.3 is 0 Å². The topological polar surface area (TPSA) is 50.3 Å². The van der Waals surface area contributed by atoms with E-state index in [9.17, 15) is 12.8 Å². The molecular formula is C9H11FN2O2S2. The molecule has 0 amide bonds. The molecule has 7 heteroatoms. The Hall–Kier alpha value is -0.660. The first kappa shape index (κ1) is 11.8. The monoisotopic (exact) mass is 262 g/mol. The third-order valence-electron chi connectivity index (χ3n) is 2.28. The molecule has 0 aromatic carbocycles. The highest BCUT2D eigenvalue weighted by Gasteiger charge is 2.29. The molecule has 1 fully saturated rings. The summed E-state index contributed by atoms with van der Waals surface area (Å²) in [7, 11) is -3.76. The molecule has 4 nitrogen and oxygen atoms in total. The first-order chi connectivity index (χ1) is 7.62. The van der Waals surface area contributed by atoms with E-state index in [0.717, 1.165) is 17.6 Å². The summed E-state index contributed by atoms with van der Waals surface area (Å²) >= 11 is 1.69. The maximum atomic E-state index is 13.4. The van der Waals surface area contributed by atoms with E-state index in [-0.39, 0.29) is 0 Å². The van der Waals surface area contributed by atoms with E-state index in [1.807, 2.05) is 0 Å². The fourth-order valence-electron chi connectivity index (χ4n) is 1.47. The molecule has 88 valence electrons. The van der Waals surface area contributed by atoms with Crippen molar-refractivity contribution in [3.63, 3.8) is 0 Å². The van der Waals surface area contributed by atoms with Crippen LogP contribution in [0.15, 0.2) is 23.4 Å². The molecule has 1 aliphatic heterocycles. The van der Waals surface area contributed by atoms with Crippen LogP contribution in [0.25, 0.3) is 0 Å². The van der Waals surface area contributed by atoms with Crippen LogP contribution in [0, 0.1) is 5.82 Å². The first-order valence-electron chi connectivity index (χ1n) is 4.81. The summed E-state index contributed by atoms with van der Waals surface area (Å²) in [5.41, 5.74) is 0. The highest BCUT2D eigenvalue weighted by Crippen LogP contribution is 2.20. The van der Waals surface area contributed by atoms with Gasteiger partial charge in [0.25, 0.3) is 10.0 Å². The van der Waals surface area contributed by atoms with E-state index in [0.29, 0.717) is 13.1 Å². The van der Waals surface area contributed by atoms with Gasteiger partial charge >= 0.3 is 0 Å². The molecule has 0 atom stereocenters. The SMILES string of the molecule is O=S(=O)(c1ncccc1F)N1CCSCC1. The highest BCUT2D eigenvalue weighted by molar-refractivity contribution is 7.99. The van der Waals surface area contributed by atoms with Gasteiger partial charge in [-0.2, -0.15) is 16.1 Å². The van der Waals surface area contributed by atoms with Gasteiger partial charge in [-0.3, -0.25) is 0 Å². The predicted octanol–water partition coefficient (Wildman–Crippen LogP) is 0.958. The lowest BCUT2D eigenvalue weighted by Gasteiger charge is -2.25. The van der Waals surface area contributed by atoms with Crippen molar-refractivity contribution >= 4 is 21.8 Å². The van der Waals surface area contributed by atoms with E-state index in [1.54, 1.807) is 11.8 Å². The predicted molar refractivity (Wildman–Crippen MR) is 60.3 cm³/mol. The number of hydrogen-bond acceptors (Lipinski definition) is 4. The molecule has 1 aromatic rings. The van der Waals surface area contributed by atoms with Crippen LogP contribution in [-0.2, 0) is 10.0 Å². The second kappa shape index (κ2) is 4.68. The summed E-state index contributed by atoms with van der Waals surface area (Å²) in [6.45, 7) is 0.839. The van der Waals surface area contributed by atoms with Crippen LogP contribution in [-0.4, -0.2) is 42.3 Å².